The highest BCUT2D eigenvalue weighted by Gasteiger charge is 2.27. The first-order chi connectivity index (χ1) is 11.6. The molecule has 1 fully saturated rings. The van der Waals surface area contributed by atoms with Crippen molar-refractivity contribution in [2.24, 2.45) is 11.7 Å². The Hall–Kier alpha value is -2.45. The summed E-state index contributed by atoms with van der Waals surface area (Å²) in [6.45, 7) is 0. The smallest absolute Gasteiger partial charge is 0.314 e. The van der Waals surface area contributed by atoms with Gasteiger partial charge in [-0.15, -0.1) is 0 Å². The van der Waals surface area contributed by atoms with E-state index in [4.69, 9.17) is 20.4 Å². The highest BCUT2D eigenvalue weighted by atomic mass is 32.2. The van der Waals surface area contributed by atoms with Gasteiger partial charge in [-0.05, 0) is 41.8 Å². The zero-order chi connectivity index (χ0) is 18.6. The predicted octanol–water partition coefficient (Wildman–Crippen LogP) is 2.33. The molecule has 0 atom stereocenters. The maximum absolute atomic E-state index is 11.8. The minimum Gasteiger partial charge on any atom is -0.426 e. The van der Waals surface area contributed by atoms with E-state index in [0.717, 1.165) is 30.0 Å². The zero-order valence-corrected chi connectivity index (χ0v) is 14.5. The molecule has 0 unspecified atom stereocenters. The third-order valence-corrected chi connectivity index (χ3v) is 3.78. The minimum absolute atomic E-state index is 0.0485. The molecule has 3 rings (SSSR count). The van der Waals surface area contributed by atoms with Crippen LogP contribution in [0.1, 0.15) is 24.8 Å². The number of nitrogens with two attached hydrogens (primary N) is 1. The van der Waals surface area contributed by atoms with Gasteiger partial charge in [-0.3, -0.25) is 14.8 Å². The number of carbonyl (C=O) groups is 1. The van der Waals surface area contributed by atoms with E-state index in [9.17, 15) is 13.2 Å². The Morgan fingerprint density at radius 2 is 1.76 bits per heavy atom. The average molecular weight is 364 g/mol. The molecule has 0 amide bonds. The molecular weight excluding hydrogens is 344 g/mol. The van der Waals surface area contributed by atoms with Crippen LogP contribution in [0.4, 0.5) is 0 Å². The van der Waals surface area contributed by atoms with Crippen molar-refractivity contribution in [3.05, 3.63) is 42.0 Å². The summed E-state index contributed by atoms with van der Waals surface area (Å²) in [4.78, 5) is 11.8. The lowest BCUT2D eigenvalue weighted by Gasteiger charge is -2.22. The molecule has 0 aromatic heterocycles. The van der Waals surface area contributed by atoms with Crippen molar-refractivity contribution in [2.75, 3.05) is 6.26 Å². The molecule has 2 aromatic rings. The Labute approximate surface area is 146 Å². The first kappa shape index (κ1) is 18.9. The van der Waals surface area contributed by atoms with E-state index in [2.05, 4.69) is 0 Å². The van der Waals surface area contributed by atoms with Gasteiger partial charge in [-0.25, -0.2) is 0 Å². The summed E-state index contributed by atoms with van der Waals surface area (Å²) in [7, 11) is -3.67. The lowest BCUT2D eigenvalue weighted by molar-refractivity contribution is -0.141. The van der Waals surface area contributed by atoms with Gasteiger partial charge in [0.25, 0.3) is 10.1 Å². The molecule has 0 bridgehead atoms. The number of amidine groups is 1. The number of benzene rings is 2. The number of esters is 1. The van der Waals surface area contributed by atoms with Crippen molar-refractivity contribution in [3.8, 4) is 5.75 Å². The third kappa shape index (κ3) is 5.84. The van der Waals surface area contributed by atoms with Crippen LogP contribution in [0.2, 0.25) is 0 Å². The summed E-state index contributed by atoms with van der Waals surface area (Å²) >= 11 is 0. The van der Waals surface area contributed by atoms with E-state index in [1.54, 1.807) is 12.1 Å². The Morgan fingerprint density at radius 1 is 1.20 bits per heavy atom. The molecule has 0 heterocycles. The second kappa shape index (κ2) is 7.62. The van der Waals surface area contributed by atoms with Crippen molar-refractivity contribution in [1.29, 1.82) is 5.41 Å². The molecular formula is C17H20N2O5S. The summed E-state index contributed by atoms with van der Waals surface area (Å²) in [6, 6.07) is 11.0. The van der Waals surface area contributed by atoms with Crippen LogP contribution in [-0.2, 0) is 14.9 Å². The summed E-state index contributed by atoms with van der Waals surface area (Å²) in [5.41, 5.74) is 6.16. The van der Waals surface area contributed by atoms with E-state index in [1.807, 2.05) is 24.3 Å². The van der Waals surface area contributed by atoms with E-state index in [0.29, 0.717) is 17.6 Å². The molecule has 8 heteroatoms. The molecule has 0 radical (unpaired) electrons. The summed E-state index contributed by atoms with van der Waals surface area (Å²) in [6.07, 6.45) is 3.71. The monoisotopic (exact) mass is 364 g/mol. The van der Waals surface area contributed by atoms with Gasteiger partial charge in [0.1, 0.15) is 11.6 Å². The van der Waals surface area contributed by atoms with Crippen LogP contribution in [0.5, 0.6) is 5.75 Å². The summed E-state index contributed by atoms with van der Waals surface area (Å²) < 4.78 is 31.3. The quantitative estimate of drug-likeness (QED) is 0.252. The van der Waals surface area contributed by atoms with Crippen LogP contribution >= 0.6 is 0 Å². The molecule has 4 N–H and O–H groups in total. The highest BCUT2D eigenvalue weighted by Crippen LogP contribution is 2.29. The van der Waals surface area contributed by atoms with Gasteiger partial charge in [-0.2, -0.15) is 8.42 Å². The van der Waals surface area contributed by atoms with Crippen LogP contribution < -0.4 is 10.5 Å². The Bertz CT molecular complexity index is 896. The standard InChI is InChI=1S/C16H16N2O2.CH4O3S/c17-15(18)13-5-4-12-9-14(7-6-11(12)8-13)20-16(19)10-2-1-3-10;1-5(2,3)4/h4-10H,1-3H2,(H3,17,18);1H3,(H,2,3,4). The normalized spacial score (nSPS) is 14.2. The molecule has 0 saturated heterocycles. The molecule has 0 spiro atoms. The number of fused-ring (bicyclic) bond motifs is 1. The Morgan fingerprint density at radius 3 is 2.28 bits per heavy atom. The van der Waals surface area contributed by atoms with Crippen molar-refractivity contribution in [3.63, 3.8) is 0 Å². The fraction of sp³-hybridized carbons (Fsp3) is 0.294. The van der Waals surface area contributed by atoms with Crippen LogP contribution in [0.15, 0.2) is 36.4 Å². The van der Waals surface area contributed by atoms with Crippen molar-refractivity contribution >= 4 is 32.7 Å². The second-order valence-electron chi connectivity index (χ2n) is 5.92. The van der Waals surface area contributed by atoms with Gasteiger partial charge < -0.3 is 10.5 Å². The lowest BCUT2D eigenvalue weighted by atomic mass is 9.86. The molecule has 1 aliphatic carbocycles. The largest absolute Gasteiger partial charge is 0.426 e. The van der Waals surface area contributed by atoms with Gasteiger partial charge in [0, 0.05) is 5.56 Å². The Kier molecular flexibility index (Phi) is 5.76. The number of ether oxygens (including phenoxy) is 1. The maximum atomic E-state index is 11.8. The summed E-state index contributed by atoms with van der Waals surface area (Å²) in [5.74, 6) is 0.569. The van der Waals surface area contributed by atoms with Gasteiger partial charge in [0.15, 0.2) is 0 Å². The van der Waals surface area contributed by atoms with Gasteiger partial charge in [0.05, 0.1) is 12.2 Å². The number of hydrogen-bond donors (Lipinski definition) is 3. The van der Waals surface area contributed by atoms with Gasteiger partial charge >= 0.3 is 5.97 Å². The molecule has 1 saturated carbocycles. The lowest BCUT2D eigenvalue weighted by Crippen LogP contribution is -2.26. The number of nitrogen functional groups attached to an aromatic ring is 1. The van der Waals surface area contributed by atoms with Gasteiger partial charge in [0.2, 0.25) is 0 Å². The molecule has 25 heavy (non-hydrogen) atoms. The van der Waals surface area contributed by atoms with Crippen molar-refractivity contribution in [1.82, 2.24) is 0 Å². The number of nitrogens with one attached hydrogen (secondary N) is 1. The van der Waals surface area contributed by atoms with Crippen LogP contribution in [-0.4, -0.2) is 31.0 Å². The maximum Gasteiger partial charge on any atom is 0.314 e. The Balaban J connectivity index is 0.000000399. The first-order valence-electron chi connectivity index (χ1n) is 7.66. The van der Waals surface area contributed by atoms with Crippen molar-refractivity contribution in [2.45, 2.75) is 19.3 Å². The van der Waals surface area contributed by atoms with E-state index < -0.39 is 10.1 Å². The predicted molar refractivity (Wildman–Crippen MR) is 95.4 cm³/mol. The topological polar surface area (TPSA) is 131 Å². The minimum atomic E-state index is -3.67. The second-order valence-corrected chi connectivity index (χ2v) is 7.39. The van der Waals surface area contributed by atoms with Crippen LogP contribution in [0.3, 0.4) is 0 Å². The molecule has 7 nitrogen and oxygen atoms in total. The summed E-state index contributed by atoms with van der Waals surface area (Å²) in [5, 5.41) is 9.37. The van der Waals surface area contributed by atoms with Crippen molar-refractivity contribution < 1.29 is 22.5 Å². The molecule has 134 valence electrons. The fourth-order valence-electron chi connectivity index (χ4n) is 2.30. The van der Waals surface area contributed by atoms with Gasteiger partial charge in [-0.1, -0.05) is 24.6 Å². The van der Waals surface area contributed by atoms with Crippen LogP contribution in [0.25, 0.3) is 10.8 Å². The highest BCUT2D eigenvalue weighted by molar-refractivity contribution is 7.85. The SMILES string of the molecule is CS(=O)(=O)O.N=C(N)c1ccc2cc(OC(=O)C3CCC3)ccc2c1. The third-order valence-electron chi connectivity index (χ3n) is 3.78. The van der Waals surface area contributed by atoms with Crippen LogP contribution in [0, 0.1) is 11.3 Å². The number of rotatable bonds is 3. The number of carbonyl (C=O) groups excluding carboxylic acids is 1. The molecule has 0 aliphatic heterocycles. The fourth-order valence-corrected chi connectivity index (χ4v) is 2.30. The average Bonchev–Trinajstić information content (AvgIpc) is 2.42. The molecule has 2 aromatic carbocycles. The van der Waals surface area contributed by atoms with E-state index in [1.165, 1.54) is 0 Å². The zero-order valence-electron chi connectivity index (χ0n) is 13.7. The van der Waals surface area contributed by atoms with E-state index >= 15 is 0 Å². The van der Waals surface area contributed by atoms with E-state index in [-0.39, 0.29) is 17.7 Å². The molecule has 1 aliphatic rings. The number of hydrogen-bond acceptors (Lipinski definition) is 5. The first-order valence-corrected chi connectivity index (χ1v) is 9.50.